The molecule has 14 heavy (non-hydrogen) atoms. The number of benzene rings is 1. The third-order valence-electron chi connectivity index (χ3n) is 2.34. The lowest BCUT2D eigenvalue weighted by atomic mass is 10.3. The summed E-state index contributed by atoms with van der Waals surface area (Å²) >= 11 is 0. The Balaban J connectivity index is 2.50. The number of hydrogen-bond donors (Lipinski definition) is 1. The lowest BCUT2D eigenvalue weighted by Gasteiger charge is -1.87. The van der Waals surface area contributed by atoms with Crippen molar-refractivity contribution in [3.63, 3.8) is 0 Å². The summed E-state index contributed by atoms with van der Waals surface area (Å²) in [5.41, 5.74) is 3.11. The predicted octanol–water partition coefficient (Wildman–Crippen LogP) is 2.46. The topological polar surface area (TPSA) is 33.1 Å². The Labute approximate surface area is 80.7 Å². The zero-order valence-electron chi connectivity index (χ0n) is 7.57. The van der Waals surface area contributed by atoms with Gasteiger partial charge in [0, 0.05) is 6.20 Å². The summed E-state index contributed by atoms with van der Waals surface area (Å²) in [6, 6.07) is 8.06. The molecule has 2 heterocycles. The van der Waals surface area contributed by atoms with Crippen LogP contribution in [0, 0.1) is 0 Å². The number of para-hydroxylation sites is 2. The molecule has 1 aromatic carbocycles. The Morgan fingerprint density at radius 2 is 2.21 bits per heavy atom. The van der Waals surface area contributed by atoms with Crippen LogP contribution in [0.15, 0.2) is 37.0 Å². The lowest BCUT2D eigenvalue weighted by molar-refractivity contribution is 1.25. The normalized spacial score (nSPS) is 11.1. The Morgan fingerprint density at radius 1 is 1.36 bits per heavy atom. The van der Waals surface area contributed by atoms with E-state index in [1.54, 1.807) is 6.08 Å². The van der Waals surface area contributed by atoms with E-state index in [0.29, 0.717) is 0 Å². The number of fused-ring (bicyclic) bond motifs is 3. The first kappa shape index (κ1) is 7.38. The largest absolute Gasteiger partial charge is 0.324 e. The van der Waals surface area contributed by atoms with Gasteiger partial charge in [0.15, 0.2) is 0 Å². The van der Waals surface area contributed by atoms with Gasteiger partial charge in [-0.1, -0.05) is 18.7 Å². The Morgan fingerprint density at radius 3 is 3.07 bits per heavy atom. The van der Waals surface area contributed by atoms with Crippen LogP contribution >= 0.6 is 0 Å². The van der Waals surface area contributed by atoms with Gasteiger partial charge in [-0.25, -0.2) is 4.98 Å². The van der Waals surface area contributed by atoms with Gasteiger partial charge in [-0.2, -0.15) is 0 Å². The molecule has 0 spiro atoms. The summed E-state index contributed by atoms with van der Waals surface area (Å²) in [4.78, 5) is 7.61. The van der Waals surface area contributed by atoms with E-state index in [1.165, 1.54) is 0 Å². The minimum atomic E-state index is 0.862. The van der Waals surface area contributed by atoms with Crippen LogP contribution in [0.5, 0.6) is 0 Å². The van der Waals surface area contributed by atoms with Crippen LogP contribution in [0.25, 0.3) is 22.9 Å². The molecule has 0 radical (unpaired) electrons. The highest BCUT2D eigenvalue weighted by atomic mass is 15.1. The summed E-state index contributed by atoms with van der Waals surface area (Å²) in [6.07, 6.45) is 3.78. The van der Waals surface area contributed by atoms with Crippen molar-refractivity contribution in [2.75, 3.05) is 0 Å². The van der Waals surface area contributed by atoms with Crippen LogP contribution in [0.4, 0.5) is 0 Å². The Hall–Kier alpha value is -2.03. The first-order chi connectivity index (χ1) is 6.88. The third-order valence-corrected chi connectivity index (χ3v) is 2.34. The second-order valence-electron chi connectivity index (χ2n) is 3.21. The number of imidazole rings is 2. The van der Waals surface area contributed by atoms with Gasteiger partial charge in [0.2, 0.25) is 5.78 Å². The number of nitrogens with one attached hydrogen (secondary N) is 1. The molecule has 3 nitrogen and oxygen atoms in total. The SMILES string of the molecule is C=Cc1cn2c(nc3ccccc32)[nH]1. The van der Waals surface area contributed by atoms with E-state index in [4.69, 9.17) is 0 Å². The van der Waals surface area contributed by atoms with E-state index in [2.05, 4.69) is 22.6 Å². The molecule has 0 aliphatic heterocycles. The first-order valence-corrected chi connectivity index (χ1v) is 4.47. The number of aromatic nitrogens is 3. The van der Waals surface area contributed by atoms with Crippen molar-refractivity contribution in [2.24, 2.45) is 0 Å². The van der Waals surface area contributed by atoms with E-state index in [9.17, 15) is 0 Å². The van der Waals surface area contributed by atoms with Crippen molar-refractivity contribution in [1.29, 1.82) is 0 Å². The Bertz CT molecular complexity index is 616. The molecule has 0 bridgehead atoms. The molecular weight excluding hydrogens is 174 g/mol. The van der Waals surface area contributed by atoms with Crippen LogP contribution in [-0.4, -0.2) is 14.4 Å². The molecule has 3 rings (SSSR count). The van der Waals surface area contributed by atoms with Crippen molar-refractivity contribution >= 4 is 22.9 Å². The fraction of sp³-hybridized carbons (Fsp3) is 0. The Kier molecular flexibility index (Phi) is 1.31. The predicted molar refractivity (Wildman–Crippen MR) is 57.1 cm³/mol. The number of aromatic amines is 1. The molecule has 0 unspecified atom stereocenters. The molecule has 2 aromatic heterocycles. The second kappa shape index (κ2) is 2.48. The maximum Gasteiger partial charge on any atom is 0.212 e. The molecule has 1 N–H and O–H groups in total. The average Bonchev–Trinajstić information content (AvgIpc) is 2.73. The van der Waals surface area contributed by atoms with Crippen LogP contribution in [0.3, 0.4) is 0 Å². The molecule has 0 saturated heterocycles. The van der Waals surface area contributed by atoms with E-state index in [1.807, 2.05) is 28.8 Å². The van der Waals surface area contributed by atoms with Gasteiger partial charge in [-0.15, -0.1) is 0 Å². The van der Waals surface area contributed by atoms with Gasteiger partial charge in [-0.3, -0.25) is 4.40 Å². The maximum absolute atomic E-state index is 4.44. The molecule has 0 atom stereocenters. The standard InChI is InChI=1S/C11H9N3/c1-2-8-7-14-10-6-4-3-5-9(10)13-11(14)12-8/h2-7H,1H2,(H,12,13). The average molecular weight is 183 g/mol. The highest BCUT2D eigenvalue weighted by molar-refractivity contribution is 5.79. The third kappa shape index (κ3) is 0.836. The molecular formula is C11H9N3. The van der Waals surface area contributed by atoms with Crippen LogP contribution in [0.2, 0.25) is 0 Å². The van der Waals surface area contributed by atoms with Crippen LogP contribution in [0.1, 0.15) is 5.69 Å². The van der Waals surface area contributed by atoms with Crippen LogP contribution in [-0.2, 0) is 0 Å². The van der Waals surface area contributed by atoms with Crippen molar-refractivity contribution < 1.29 is 0 Å². The fourth-order valence-corrected chi connectivity index (χ4v) is 1.67. The summed E-state index contributed by atoms with van der Waals surface area (Å²) in [5.74, 6) is 0.862. The summed E-state index contributed by atoms with van der Waals surface area (Å²) in [5, 5.41) is 0. The fourth-order valence-electron chi connectivity index (χ4n) is 1.67. The second-order valence-corrected chi connectivity index (χ2v) is 3.21. The zero-order valence-corrected chi connectivity index (χ0v) is 7.57. The molecule has 68 valence electrons. The highest BCUT2D eigenvalue weighted by Gasteiger charge is 2.04. The lowest BCUT2D eigenvalue weighted by Crippen LogP contribution is -1.74. The number of rotatable bonds is 1. The quantitative estimate of drug-likeness (QED) is 0.617. The van der Waals surface area contributed by atoms with Crippen molar-refractivity contribution in [3.8, 4) is 0 Å². The molecule has 0 amide bonds. The van der Waals surface area contributed by atoms with E-state index >= 15 is 0 Å². The van der Waals surface area contributed by atoms with E-state index in [-0.39, 0.29) is 0 Å². The summed E-state index contributed by atoms with van der Waals surface area (Å²) < 4.78 is 2.03. The summed E-state index contributed by atoms with van der Waals surface area (Å²) in [7, 11) is 0. The molecule has 0 aliphatic carbocycles. The molecule has 3 heteroatoms. The number of nitrogens with zero attached hydrogens (tertiary/aromatic N) is 2. The number of H-pyrrole nitrogens is 1. The molecule has 0 saturated carbocycles. The first-order valence-electron chi connectivity index (χ1n) is 4.47. The van der Waals surface area contributed by atoms with Gasteiger partial charge in [0.1, 0.15) is 0 Å². The van der Waals surface area contributed by atoms with Gasteiger partial charge < -0.3 is 4.98 Å². The minimum Gasteiger partial charge on any atom is -0.324 e. The van der Waals surface area contributed by atoms with Gasteiger partial charge in [-0.05, 0) is 18.2 Å². The van der Waals surface area contributed by atoms with Gasteiger partial charge in [0.25, 0.3) is 0 Å². The van der Waals surface area contributed by atoms with Crippen LogP contribution < -0.4 is 0 Å². The monoisotopic (exact) mass is 183 g/mol. The maximum atomic E-state index is 4.44. The minimum absolute atomic E-state index is 0.862. The van der Waals surface area contributed by atoms with Crippen molar-refractivity contribution in [3.05, 3.63) is 42.7 Å². The molecule has 0 fully saturated rings. The van der Waals surface area contributed by atoms with Crippen molar-refractivity contribution in [2.45, 2.75) is 0 Å². The molecule has 0 aliphatic rings. The smallest absolute Gasteiger partial charge is 0.212 e. The van der Waals surface area contributed by atoms with Gasteiger partial charge in [0.05, 0.1) is 16.7 Å². The van der Waals surface area contributed by atoms with E-state index < -0.39 is 0 Å². The van der Waals surface area contributed by atoms with Crippen molar-refractivity contribution in [1.82, 2.24) is 14.4 Å². The summed E-state index contributed by atoms with van der Waals surface area (Å²) in [6.45, 7) is 3.71. The highest BCUT2D eigenvalue weighted by Crippen LogP contribution is 2.16. The van der Waals surface area contributed by atoms with Gasteiger partial charge >= 0.3 is 0 Å². The zero-order chi connectivity index (χ0) is 9.54. The molecule has 3 aromatic rings. The number of hydrogen-bond acceptors (Lipinski definition) is 1. The van der Waals surface area contributed by atoms with E-state index in [0.717, 1.165) is 22.5 Å².